The normalized spacial score (nSPS) is 33.2. The molecule has 4 atom stereocenters. The smallest absolute Gasteiger partial charge is 0.308 e. The lowest BCUT2D eigenvalue weighted by molar-refractivity contribution is -0.132. The number of aliphatic hydroxyl groups is 1. The van der Waals surface area contributed by atoms with Crippen molar-refractivity contribution in [2.45, 2.75) is 18.6 Å². The predicted molar refractivity (Wildman–Crippen MR) is 81.1 cm³/mol. The zero-order valence-electron chi connectivity index (χ0n) is 12.8. The molecule has 3 heterocycles. The number of aliphatic hydroxyl groups excluding tert-OH is 1. The highest BCUT2D eigenvalue weighted by atomic mass is 16.5. The Morgan fingerprint density at radius 2 is 2.17 bits per heavy atom. The fourth-order valence-electron chi connectivity index (χ4n) is 3.79. The van der Waals surface area contributed by atoms with Gasteiger partial charge in [0.05, 0.1) is 30.2 Å². The Labute approximate surface area is 137 Å². The molecule has 7 heteroatoms. The van der Waals surface area contributed by atoms with Crippen LogP contribution < -0.4 is 9.64 Å². The van der Waals surface area contributed by atoms with Crippen LogP contribution in [0, 0.1) is 11.8 Å². The second-order valence-corrected chi connectivity index (χ2v) is 6.16. The van der Waals surface area contributed by atoms with Gasteiger partial charge in [0.15, 0.2) is 0 Å². The zero-order chi connectivity index (χ0) is 17.1. The van der Waals surface area contributed by atoms with Gasteiger partial charge in [-0.1, -0.05) is 18.2 Å². The molecule has 3 aliphatic rings. The van der Waals surface area contributed by atoms with Crippen LogP contribution in [0.25, 0.3) is 0 Å². The van der Waals surface area contributed by atoms with E-state index in [0.717, 1.165) is 4.90 Å². The minimum atomic E-state index is -1.12. The number of hydrogen-bond donors (Lipinski definition) is 1. The Balaban J connectivity index is 1.71. The number of ether oxygens (including phenoxy) is 2. The zero-order valence-corrected chi connectivity index (χ0v) is 12.8. The van der Waals surface area contributed by atoms with E-state index in [1.165, 1.54) is 13.0 Å². The Morgan fingerprint density at radius 3 is 2.88 bits per heavy atom. The maximum absolute atomic E-state index is 12.9. The first-order valence-corrected chi connectivity index (χ1v) is 7.61. The number of carbonyl (C=O) groups excluding carboxylic acids is 3. The maximum Gasteiger partial charge on any atom is 0.308 e. The number of esters is 1. The van der Waals surface area contributed by atoms with Gasteiger partial charge in [-0.25, -0.2) is 4.90 Å². The van der Waals surface area contributed by atoms with E-state index >= 15 is 0 Å². The molecule has 1 aromatic carbocycles. The number of hydrogen-bond acceptors (Lipinski definition) is 6. The van der Waals surface area contributed by atoms with Crippen LogP contribution >= 0.6 is 0 Å². The molecule has 1 aromatic rings. The molecule has 2 amide bonds. The lowest BCUT2D eigenvalue weighted by Crippen LogP contribution is -2.43. The van der Waals surface area contributed by atoms with Crippen LogP contribution in [0.5, 0.6) is 5.75 Å². The van der Waals surface area contributed by atoms with Gasteiger partial charge >= 0.3 is 5.97 Å². The predicted octanol–water partition coefficient (Wildman–Crippen LogP) is 0.417. The summed E-state index contributed by atoms with van der Waals surface area (Å²) < 4.78 is 10.7. The van der Waals surface area contributed by atoms with Gasteiger partial charge in [0, 0.05) is 13.0 Å². The number of imide groups is 1. The van der Waals surface area contributed by atoms with Crippen LogP contribution in [0.4, 0.5) is 5.69 Å². The molecule has 2 bridgehead atoms. The number of fused-ring (bicyclic) bond motifs is 5. The molecule has 1 N–H and O–H groups in total. The molecule has 124 valence electrons. The minimum absolute atomic E-state index is 0.256. The summed E-state index contributed by atoms with van der Waals surface area (Å²) >= 11 is 0. The van der Waals surface area contributed by atoms with Crippen molar-refractivity contribution in [3.8, 4) is 5.75 Å². The van der Waals surface area contributed by atoms with Crippen molar-refractivity contribution in [1.29, 1.82) is 0 Å². The Bertz CT molecular complexity index is 787. The van der Waals surface area contributed by atoms with E-state index < -0.39 is 35.4 Å². The largest absolute Gasteiger partial charge is 0.427 e. The molecular weight excluding hydrogens is 314 g/mol. The number of benzene rings is 1. The molecule has 2 saturated heterocycles. The third-order valence-electron chi connectivity index (χ3n) is 4.74. The summed E-state index contributed by atoms with van der Waals surface area (Å²) in [5, 5.41) is 9.68. The first-order chi connectivity index (χ1) is 11.5. The number of amides is 2. The van der Waals surface area contributed by atoms with E-state index in [2.05, 4.69) is 0 Å². The monoisotopic (exact) mass is 329 g/mol. The van der Waals surface area contributed by atoms with Gasteiger partial charge in [-0.2, -0.15) is 0 Å². The number of carbonyl (C=O) groups is 3. The topological polar surface area (TPSA) is 93.1 Å². The first kappa shape index (κ1) is 15.0. The second kappa shape index (κ2) is 4.99. The van der Waals surface area contributed by atoms with Gasteiger partial charge in [-0.3, -0.25) is 14.4 Å². The Hall–Kier alpha value is -2.51. The van der Waals surface area contributed by atoms with Crippen molar-refractivity contribution in [1.82, 2.24) is 0 Å². The van der Waals surface area contributed by atoms with Crippen LogP contribution in [0.1, 0.15) is 6.92 Å². The Kier molecular flexibility index (Phi) is 3.13. The average Bonchev–Trinajstić information content (AvgIpc) is 3.18. The molecule has 3 aliphatic heterocycles. The molecule has 0 unspecified atom stereocenters. The summed E-state index contributed by atoms with van der Waals surface area (Å²) in [5.41, 5.74) is -0.782. The van der Waals surface area contributed by atoms with Gasteiger partial charge in [-0.05, 0) is 12.1 Å². The lowest BCUT2D eigenvalue weighted by Gasteiger charge is -2.26. The summed E-state index contributed by atoms with van der Waals surface area (Å²) in [4.78, 5) is 37.8. The average molecular weight is 329 g/mol. The van der Waals surface area contributed by atoms with Crippen molar-refractivity contribution in [3.63, 3.8) is 0 Å². The van der Waals surface area contributed by atoms with Crippen molar-refractivity contribution < 1.29 is 29.0 Å². The van der Waals surface area contributed by atoms with E-state index in [4.69, 9.17) is 9.47 Å². The fourth-order valence-corrected chi connectivity index (χ4v) is 3.79. The van der Waals surface area contributed by atoms with E-state index in [0.29, 0.717) is 5.69 Å². The van der Waals surface area contributed by atoms with Crippen molar-refractivity contribution in [3.05, 3.63) is 36.4 Å². The third kappa shape index (κ3) is 1.88. The lowest BCUT2D eigenvalue weighted by atomic mass is 9.77. The van der Waals surface area contributed by atoms with E-state index in [1.54, 1.807) is 30.4 Å². The van der Waals surface area contributed by atoms with Gasteiger partial charge in [-0.15, -0.1) is 0 Å². The standard InChI is InChI=1S/C17H15NO6/c1-9(20)23-11-4-2-3-10(7-11)18-15(21)13-12-5-6-17(8-19,24-12)14(13)16(18)22/h2-7,12-14,19H,8H2,1H3/t12-,13-,14+,17+/m1/s1. The molecule has 4 rings (SSSR count). The van der Waals surface area contributed by atoms with E-state index in [-0.39, 0.29) is 18.3 Å². The Morgan fingerprint density at radius 1 is 1.38 bits per heavy atom. The SMILES string of the molecule is CC(=O)Oc1cccc(N2C(=O)[C@H]3[C@@H](C2=O)[C@@]2(CO)C=C[C@H]3O2)c1. The van der Waals surface area contributed by atoms with Crippen LogP contribution in [0.2, 0.25) is 0 Å². The molecule has 0 aliphatic carbocycles. The van der Waals surface area contributed by atoms with Crippen LogP contribution in [0.3, 0.4) is 0 Å². The quantitative estimate of drug-likeness (QED) is 0.374. The van der Waals surface area contributed by atoms with Crippen LogP contribution in [-0.4, -0.2) is 41.2 Å². The van der Waals surface area contributed by atoms with Crippen LogP contribution in [-0.2, 0) is 19.1 Å². The summed E-state index contributed by atoms with van der Waals surface area (Å²) in [7, 11) is 0. The van der Waals surface area contributed by atoms with E-state index in [1.807, 2.05) is 0 Å². The number of nitrogens with zero attached hydrogens (tertiary/aromatic N) is 1. The van der Waals surface area contributed by atoms with Crippen LogP contribution in [0.15, 0.2) is 36.4 Å². The summed E-state index contributed by atoms with van der Waals surface area (Å²) in [6, 6.07) is 6.25. The second-order valence-electron chi connectivity index (χ2n) is 6.16. The van der Waals surface area contributed by atoms with Crippen molar-refractivity contribution in [2.75, 3.05) is 11.5 Å². The highest BCUT2D eigenvalue weighted by Gasteiger charge is 2.67. The summed E-state index contributed by atoms with van der Waals surface area (Å²) in [5.74, 6) is -2.38. The first-order valence-electron chi connectivity index (χ1n) is 7.61. The number of anilines is 1. The highest BCUT2D eigenvalue weighted by Crippen LogP contribution is 2.52. The molecule has 24 heavy (non-hydrogen) atoms. The van der Waals surface area contributed by atoms with Gasteiger partial charge < -0.3 is 14.6 Å². The summed E-state index contributed by atoms with van der Waals surface area (Å²) in [6.45, 7) is 0.913. The third-order valence-corrected chi connectivity index (χ3v) is 4.74. The minimum Gasteiger partial charge on any atom is -0.427 e. The highest BCUT2D eigenvalue weighted by molar-refractivity contribution is 6.23. The van der Waals surface area contributed by atoms with Gasteiger partial charge in [0.2, 0.25) is 11.8 Å². The van der Waals surface area contributed by atoms with Crippen molar-refractivity contribution in [2.24, 2.45) is 11.8 Å². The summed E-state index contributed by atoms with van der Waals surface area (Å²) in [6.07, 6.45) is 2.89. The molecular formula is C17H15NO6. The number of rotatable bonds is 3. The van der Waals surface area contributed by atoms with Gasteiger partial charge in [0.1, 0.15) is 11.4 Å². The molecule has 0 radical (unpaired) electrons. The van der Waals surface area contributed by atoms with E-state index in [9.17, 15) is 19.5 Å². The molecule has 0 saturated carbocycles. The maximum atomic E-state index is 12.9. The molecule has 2 fully saturated rings. The molecule has 0 spiro atoms. The van der Waals surface area contributed by atoms with Gasteiger partial charge in [0.25, 0.3) is 0 Å². The van der Waals surface area contributed by atoms with Crippen molar-refractivity contribution >= 4 is 23.5 Å². The molecule has 0 aromatic heterocycles. The molecule has 7 nitrogen and oxygen atoms in total. The fraction of sp³-hybridized carbons (Fsp3) is 0.353.